The lowest BCUT2D eigenvalue weighted by molar-refractivity contribution is 0.528. The van der Waals surface area contributed by atoms with Crippen molar-refractivity contribution in [1.29, 1.82) is 0 Å². The zero-order valence-corrected chi connectivity index (χ0v) is 11.3. The maximum Gasteiger partial charge on any atom is 0.146 e. The van der Waals surface area contributed by atoms with Crippen LogP contribution in [0, 0.1) is 11.7 Å². The van der Waals surface area contributed by atoms with E-state index in [9.17, 15) is 4.39 Å². The lowest BCUT2D eigenvalue weighted by atomic mass is 10.0. The second kappa shape index (κ2) is 5.70. The van der Waals surface area contributed by atoms with E-state index in [4.69, 9.17) is 5.73 Å². The molecule has 1 aliphatic heterocycles. The molecule has 0 aromatic heterocycles. The lowest BCUT2D eigenvalue weighted by Crippen LogP contribution is -2.21. The van der Waals surface area contributed by atoms with Crippen molar-refractivity contribution in [3.8, 4) is 0 Å². The van der Waals surface area contributed by atoms with E-state index in [2.05, 4.69) is 11.8 Å². The van der Waals surface area contributed by atoms with Crippen molar-refractivity contribution in [1.82, 2.24) is 0 Å². The van der Waals surface area contributed by atoms with Crippen molar-refractivity contribution >= 4 is 5.69 Å². The summed E-state index contributed by atoms with van der Waals surface area (Å²) < 4.78 is 14.1. The molecule has 2 N–H and O–H groups in total. The smallest absolute Gasteiger partial charge is 0.146 e. The molecule has 0 aliphatic carbocycles. The number of anilines is 1. The normalized spacial score (nSPS) is 21.3. The molecule has 0 radical (unpaired) electrons. The van der Waals surface area contributed by atoms with Gasteiger partial charge in [0.15, 0.2) is 0 Å². The first-order valence-corrected chi connectivity index (χ1v) is 6.91. The van der Waals surface area contributed by atoms with Gasteiger partial charge in [-0.25, -0.2) is 4.39 Å². The molecule has 1 heterocycles. The van der Waals surface area contributed by atoms with Crippen LogP contribution in [0.15, 0.2) is 18.2 Å². The molecular weight excluding hydrogens is 227 g/mol. The highest BCUT2D eigenvalue weighted by Crippen LogP contribution is 2.29. The van der Waals surface area contributed by atoms with E-state index in [-0.39, 0.29) is 11.9 Å². The molecule has 0 amide bonds. The van der Waals surface area contributed by atoms with Crippen LogP contribution in [0.2, 0.25) is 0 Å². The Morgan fingerprint density at radius 3 is 2.89 bits per heavy atom. The van der Waals surface area contributed by atoms with Crippen molar-refractivity contribution in [3.05, 3.63) is 29.6 Å². The van der Waals surface area contributed by atoms with Gasteiger partial charge in [0.2, 0.25) is 0 Å². The summed E-state index contributed by atoms with van der Waals surface area (Å²) in [6.07, 6.45) is 3.64. The number of hydrogen-bond donors (Lipinski definition) is 1. The maximum atomic E-state index is 14.1. The number of halogens is 1. The first-order chi connectivity index (χ1) is 8.61. The minimum Gasteiger partial charge on any atom is -0.369 e. The number of nitrogens with two attached hydrogens (primary N) is 1. The summed E-state index contributed by atoms with van der Waals surface area (Å²) in [5, 5.41) is 0. The molecule has 2 nitrogen and oxygen atoms in total. The molecule has 1 aromatic rings. The second-order valence-electron chi connectivity index (χ2n) is 5.39. The molecule has 1 unspecified atom stereocenters. The molecule has 0 bridgehead atoms. The van der Waals surface area contributed by atoms with Crippen LogP contribution >= 0.6 is 0 Å². The fourth-order valence-corrected chi connectivity index (χ4v) is 2.76. The Kier molecular flexibility index (Phi) is 4.23. The third-order valence-corrected chi connectivity index (χ3v) is 3.82. The van der Waals surface area contributed by atoms with E-state index in [1.807, 2.05) is 19.1 Å². The second-order valence-corrected chi connectivity index (χ2v) is 5.39. The molecule has 18 heavy (non-hydrogen) atoms. The molecular formula is C15H23FN2. The SMILES string of the molecule is CCCC1CCN(c2ccc([C@@H](C)N)cc2F)C1. The summed E-state index contributed by atoms with van der Waals surface area (Å²) >= 11 is 0. The van der Waals surface area contributed by atoms with E-state index in [0.29, 0.717) is 0 Å². The molecule has 2 atom stereocenters. The van der Waals surface area contributed by atoms with Gasteiger partial charge in [-0.15, -0.1) is 0 Å². The zero-order valence-electron chi connectivity index (χ0n) is 11.3. The van der Waals surface area contributed by atoms with Crippen LogP contribution < -0.4 is 10.6 Å². The standard InChI is InChI=1S/C15H23FN2/c1-3-4-12-7-8-18(10-12)15-6-5-13(11(2)17)9-14(15)16/h5-6,9,11-12H,3-4,7-8,10,17H2,1-2H3/t11-,12?/m1/s1. The van der Waals surface area contributed by atoms with Gasteiger partial charge in [0, 0.05) is 19.1 Å². The number of rotatable bonds is 4. The van der Waals surface area contributed by atoms with Crippen molar-refractivity contribution in [2.45, 2.75) is 39.2 Å². The van der Waals surface area contributed by atoms with Gasteiger partial charge in [-0.05, 0) is 43.4 Å². The molecule has 1 saturated heterocycles. The minimum atomic E-state index is -0.137. The van der Waals surface area contributed by atoms with Gasteiger partial charge >= 0.3 is 0 Å². The fourth-order valence-electron chi connectivity index (χ4n) is 2.76. The average molecular weight is 250 g/mol. The Balaban J connectivity index is 2.10. The predicted molar refractivity (Wildman–Crippen MR) is 74.2 cm³/mol. The van der Waals surface area contributed by atoms with Gasteiger partial charge in [0.05, 0.1) is 5.69 Å². The first-order valence-electron chi connectivity index (χ1n) is 6.91. The van der Waals surface area contributed by atoms with Gasteiger partial charge in [-0.3, -0.25) is 0 Å². The van der Waals surface area contributed by atoms with E-state index < -0.39 is 0 Å². The van der Waals surface area contributed by atoms with Gasteiger partial charge < -0.3 is 10.6 Å². The summed E-state index contributed by atoms with van der Waals surface area (Å²) in [6, 6.07) is 5.28. The molecule has 0 saturated carbocycles. The maximum absolute atomic E-state index is 14.1. The Morgan fingerprint density at radius 1 is 1.50 bits per heavy atom. The lowest BCUT2D eigenvalue weighted by Gasteiger charge is -2.20. The van der Waals surface area contributed by atoms with Gasteiger partial charge in [-0.1, -0.05) is 19.4 Å². The van der Waals surface area contributed by atoms with Crippen LogP contribution in [0.25, 0.3) is 0 Å². The molecule has 100 valence electrons. The first kappa shape index (κ1) is 13.3. The Hall–Kier alpha value is -1.09. The Labute approximate surface area is 109 Å². The van der Waals surface area contributed by atoms with Gasteiger partial charge in [0.25, 0.3) is 0 Å². The average Bonchev–Trinajstić information content (AvgIpc) is 2.77. The van der Waals surface area contributed by atoms with E-state index in [1.54, 1.807) is 6.07 Å². The van der Waals surface area contributed by atoms with Crippen molar-refractivity contribution in [2.24, 2.45) is 11.7 Å². The van der Waals surface area contributed by atoms with Gasteiger partial charge in [0.1, 0.15) is 5.82 Å². The summed E-state index contributed by atoms with van der Waals surface area (Å²) in [7, 11) is 0. The Bertz CT molecular complexity index is 403. The van der Waals surface area contributed by atoms with Gasteiger partial charge in [-0.2, -0.15) is 0 Å². The number of hydrogen-bond acceptors (Lipinski definition) is 2. The number of nitrogens with zero attached hydrogens (tertiary/aromatic N) is 1. The predicted octanol–water partition coefficient (Wildman–Crippen LogP) is 3.47. The quantitative estimate of drug-likeness (QED) is 0.886. The summed E-state index contributed by atoms with van der Waals surface area (Å²) in [5.74, 6) is 0.587. The van der Waals surface area contributed by atoms with E-state index in [0.717, 1.165) is 30.3 Å². The van der Waals surface area contributed by atoms with Crippen molar-refractivity contribution in [2.75, 3.05) is 18.0 Å². The van der Waals surface area contributed by atoms with Crippen LogP contribution in [0.5, 0.6) is 0 Å². The van der Waals surface area contributed by atoms with Crippen LogP contribution in [-0.4, -0.2) is 13.1 Å². The van der Waals surface area contributed by atoms with Crippen LogP contribution in [0.3, 0.4) is 0 Å². The van der Waals surface area contributed by atoms with E-state index in [1.165, 1.54) is 19.3 Å². The third kappa shape index (κ3) is 2.83. The zero-order chi connectivity index (χ0) is 13.1. The third-order valence-electron chi connectivity index (χ3n) is 3.82. The molecule has 1 fully saturated rings. The molecule has 2 rings (SSSR count). The topological polar surface area (TPSA) is 29.3 Å². The summed E-state index contributed by atoms with van der Waals surface area (Å²) in [4.78, 5) is 2.17. The number of benzene rings is 1. The van der Waals surface area contributed by atoms with Crippen molar-refractivity contribution in [3.63, 3.8) is 0 Å². The van der Waals surface area contributed by atoms with Crippen LogP contribution in [-0.2, 0) is 0 Å². The molecule has 1 aliphatic rings. The highest BCUT2D eigenvalue weighted by molar-refractivity contribution is 5.50. The monoisotopic (exact) mass is 250 g/mol. The highest BCUT2D eigenvalue weighted by Gasteiger charge is 2.23. The van der Waals surface area contributed by atoms with Crippen molar-refractivity contribution < 1.29 is 4.39 Å². The fraction of sp³-hybridized carbons (Fsp3) is 0.600. The molecule has 3 heteroatoms. The highest BCUT2D eigenvalue weighted by atomic mass is 19.1. The molecule has 1 aromatic carbocycles. The van der Waals surface area contributed by atoms with Crippen LogP contribution in [0.4, 0.5) is 10.1 Å². The van der Waals surface area contributed by atoms with Crippen LogP contribution in [0.1, 0.15) is 44.7 Å². The Morgan fingerprint density at radius 2 is 2.28 bits per heavy atom. The van der Waals surface area contributed by atoms with E-state index >= 15 is 0 Å². The minimum absolute atomic E-state index is 0.111. The molecule has 0 spiro atoms. The summed E-state index contributed by atoms with van der Waals surface area (Å²) in [6.45, 7) is 6.05. The largest absolute Gasteiger partial charge is 0.369 e. The summed E-state index contributed by atoms with van der Waals surface area (Å²) in [5.41, 5.74) is 7.36.